The molecule has 1 aliphatic carbocycles. The van der Waals surface area contributed by atoms with Crippen molar-refractivity contribution in [3.8, 4) is 0 Å². The van der Waals surface area contributed by atoms with Crippen molar-refractivity contribution in [2.45, 2.75) is 66.7 Å². The number of allylic oxidation sites excluding steroid dienone is 4. The van der Waals surface area contributed by atoms with E-state index in [1.54, 1.807) is 0 Å². The minimum absolute atomic E-state index is 0.776. The molecular weight excluding hydrogens is 218 g/mol. The highest BCUT2D eigenvalue weighted by atomic mass is 14.9. The third kappa shape index (κ3) is 5.75. The molecule has 1 fully saturated rings. The third-order valence-electron chi connectivity index (χ3n) is 4.17. The molecule has 18 heavy (non-hydrogen) atoms. The van der Waals surface area contributed by atoms with E-state index in [-0.39, 0.29) is 0 Å². The van der Waals surface area contributed by atoms with E-state index in [1.165, 1.54) is 49.1 Å². The van der Waals surface area contributed by atoms with Crippen molar-refractivity contribution in [1.82, 2.24) is 5.32 Å². The van der Waals surface area contributed by atoms with E-state index in [4.69, 9.17) is 0 Å². The molecule has 0 unspecified atom stereocenters. The van der Waals surface area contributed by atoms with Crippen LogP contribution in [0.15, 0.2) is 22.9 Å². The van der Waals surface area contributed by atoms with Gasteiger partial charge in [0.05, 0.1) is 0 Å². The summed E-state index contributed by atoms with van der Waals surface area (Å²) < 4.78 is 0. The fourth-order valence-electron chi connectivity index (χ4n) is 1.96. The first-order valence-corrected chi connectivity index (χ1v) is 7.67. The van der Waals surface area contributed by atoms with Crippen molar-refractivity contribution >= 4 is 0 Å². The Hall–Kier alpha value is -0.720. The zero-order valence-corrected chi connectivity index (χ0v) is 13.0. The smallest absolute Gasteiger partial charge is 0.0172 e. The molecule has 0 aromatic rings. The molecule has 1 heteroatoms. The van der Waals surface area contributed by atoms with Gasteiger partial charge in [0, 0.05) is 12.2 Å². The SMILES string of the molecule is CC/C(C)=C(C)\C=C(/C[C@@H](C)CC)NCC1CC1. The van der Waals surface area contributed by atoms with E-state index in [0.29, 0.717) is 0 Å². The van der Waals surface area contributed by atoms with Crippen molar-refractivity contribution in [3.63, 3.8) is 0 Å². The Morgan fingerprint density at radius 2 is 1.94 bits per heavy atom. The predicted octanol–water partition coefficient (Wildman–Crippen LogP) is 5.05. The van der Waals surface area contributed by atoms with E-state index < -0.39 is 0 Å². The van der Waals surface area contributed by atoms with Crippen LogP contribution in [0.25, 0.3) is 0 Å². The molecule has 0 amide bonds. The number of hydrogen-bond acceptors (Lipinski definition) is 1. The summed E-state index contributed by atoms with van der Waals surface area (Å²) in [5.41, 5.74) is 4.39. The number of nitrogens with one attached hydrogen (secondary N) is 1. The van der Waals surface area contributed by atoms with Gasteiger partial charge in [0.15, 0.2) is 0 Å². The second-order valence-electron chi connectivity index (χ2n) is 6.03. The van der Waals surface area contributed by atoms with Crippen molar-refractivity contribution in [2.24, 2.45) is 11.8 Å². The monoisotopic (exact) mass is 249 g/mol. The second kappa shape index (κ2) is 7.66. The lowest BCUT2D eigenvalue weighted by molar-refractivity contribution is 0.529. The van der Waals surface area contributed by atoms with Gasteiger partial charge in [-0.15, -0.1) is 0 Å². The highest BCUT2D eigenvalue weighted by molar-refractivity contribution is 5.26. The Bertz CT molecular complexity index is 308. The third-order valence-corrected chi connectivity index (χ3v) is 4.17. The standard InChI is InChI=1S/C17H31N/c1-6-13(3)10-17(18-12-16-8-9-16)11-15(5)14(4)7-2/h11,13,16,18H,6-10,12H2,1-5H3/b15-14-,17-11+/t13-/m0/s1. The van der Waals surface area contributed by atoms with Crippen molar-refractivity contribution in [2.75, 3.05) is 6.54 Å². The van der Waals surface area contributed by atoms with Crippen LogP contribution in [0, 0.1) is 11.8 Å². The van der Waals surface area contributed by atoms with Crippen LogP contribution in [-0.2, 0) is 0 Å². The van der Waals surface area contributed by atoms with Crippen LogP contribution in [0.4, 0.5) is 0 Å². The van der Waals surface area contributed by atoms with Gasteiger partial charge in [-0.25, -0.2) is 0 Å². The topological polar surface area (TPSA) is 12.0 Å². The molecule has 1 saturated carbocycles. The predicted molar refractivity (Wildman–Crippen MR) is 81.5 cm³/mol. The van der Waals surface area contributed by atoms with Crippen LogP contribution in [0.5, 0.6) is 0 Å². The van der Waals surface area contributed by atoms with Gasteiger partial charge >= 0.3 is 0 Å². The normalized spacial score (nSPS) is 19.5. The van der Waals surface area contributed by atoms with Gasteiger partial charge < -0.3 is 5.32 Å². The zero-order chi connectivity index (χ0) is 13.5. The van der Waals surface area contributed by atoms with Crippen molar-refractivity contribution in [1.29, 1.82) is 0 Å². The fourth-order valence-corrected chi connectivity index (χ4v) is 1.96. The van der Waals surface area contributed by atoms with Crippen LogP contribution >= 0.6 is 0 Å². The summed E-state index contributed by atoms with van der Waals surface area (Å²) in [6.45, 7) is 12.5. The zero-order valence-electron chi connectivity index (χ0n) is 13.0. The molecule has 0 bridgehead atoms. The molecule has 0 aromatic carbocycles. The maximum Gasteiger partial charge on any atom is 0.0172 e. The van der Waals surface area contributed by atoms with Crippen LogP contribution in [0.2, 0.25) is 0 Å². The van der Waals surface area contributed by atoms with Gasteiger partial charge in [-0.2, -0.15) is 0 Å². The summed E-state index contributed by atoms with van der Waals surface area (Å²) in [4.78, 5) is 0. The van der Waals surface area contributed by atoms with Crippen molar-refractivity contribution < 1.29 is 0 Å². The summed E-state index contributed by atoms with van der Waals surface area (Å²) in [5.74, 6) is 1.72. The van der Waals surface area contributed by atoms with Gasteiger partial charge in [0.2, 0.25) is 0 Å². The maximum atomic E-state index is 3.68. The molecule has 1 nitrogen and oxygen atoms in total. The average Bonchev–Trinajstić information content (AvgIpc) is 3.18. The fraction of sp³-hybridized carbons (Fsp3) is 0.765. The summed E-state index contributed by atoms with van der Waals surface area (Å²) in [6, 6.07) is 0. The lowest BCUT2D eigenvalue weighted by Gasteiger charge is -2.15. The summed E-state index contributed by atoms with van der Waals surface area (Å²) in [5, 5.41) is 3.68. The molecule has 0 aromatic heterocycles. The van der Waals surface area contributed by atoms with Gasteiger partial charge in [0.1, 0.15) is 0 Å². The Morgan fingerprint density at radius 1 is 1.28 bits per heavy atom. The lowest BCUT2D eigenvalue weighted by Crippen LogP contribution is -2.18. The highest BCUT2D eigenvalue weighted by Gasteiger charge is 2.21. The molecular formula is C17H31N. The minimum atomic E-state index is 0.776. The Morgan fingerprint density at radius 3 is 2.44 bits per heavy atom. The van der Waals surface area contributed by atoms with Gasteiger partial charge in [-0.1, -0.05) is 38.3 Å². The van der Waals surface area contributed by atoms with E-state index >= 15 is 0 Å². The van der Waals surface area contributed by atoms with E-state index in [0.717, 1.165) is 18.3 Å². The van der Waals surface area contributed by atoms with Crippen LogP contribution in [-0.4, -0.2) is 6.54 Å². The minimum Gasteiger partial charge on any atom is -0.388 e. The first-order valence-electron chi connectivity index (χ1n) is 7.67. The Kier molecular flexibility index (Phi) is 6.52. The van der Waals surface area contributed by atoms with Crippen LogP contribution < -0.4 is 5.32 Å². The molecule has 1 aliphatic rings. The average molecular weight is 249 g/mol. The second-order valence-corrected chi connectivity index (χ2v) is 6.03. The first kappa shape index (κ1) is 15.3. The van der Waals surface area contributed by atoms with Crippen LogP contribution in [0.1, 0.15) is 66.7 Å². The largest absolute Gasteiger partial charge is 0.388 e. The molecule has 0 radical (unpaired) electrons. The highest BCUT2D eigenvalue weighted by Crippen LogP contribution is 2.28. The van der Waals surface area contributed by atoms with E-state index in [2.05, 4.69) is 46.0 Å². The van der Waals surface area contributed by atoms with Crippen molar-refractivity contribution in [3.05, 3.63) is 22.9 Å². The molecule has 0 aliphatic heterocycles. The molecule has 0 saturated heterocycles. The Balaban J connectivity index is 2.64. The quantitative estimate of drug-likeness (QED) is 0.593. The molecule has 1 atom stereocenters. The van der Waals surface area contributed by atoms with Gasteiger partial charge in [0.25, 0.3) is 0 Å². The summed E-state index contributed by atoms with van der Waals surface area (Å²) >= 11 is 0. The molecule has 1 N–H and O–H groups in total. The van der Waals surface area contributed by atoms with Crippen LogP contribution in [0.3, 0.4) is 0 Å². The summed E-state index contributed by atoms with van der Waals surface area (Å²) in [6.07, 6.45) is 8.84. The molecule has 1 rings (SSSR count). The Labute approximate surface area is 114 Å². The molecule has 104 valence electrons. The maximum absolute atomic E-state index is 3.68. The van der Waals surface area contributed by atoms with Gasteiger partial charge in [-0.3, -0.25) is 0 Å². The summed E-state index contributed by atoms with van der Waals surface area (Å²) in [7, 11) is 0. The van der Waals surface area contributed by atoms with E-state index in [1.807, 2.05) is 0 Å². The molecule has 0 spiro atoms. The van der Waals surface area contributed by atoms with E-state index in [9.17, 15) is 0 Å². The molecule has 0 heterocycles. The number of hydrogen-bond donors (Lipinski definition) is 1. The first-order chi connectivity index (χ1) is 8.56. The lowest BCUT2D eigenvalue weighted by atomic mass is 10.00. The number of rotatable bonds is 8. The van der Waals surface area contributed by atoms with Gasteiger partial charge in [-0.05, 0) is 57.4 Å².